The van der Waals surface area contributed by atoms with Crippen molar-refractivity contribution < 1.29 is 13.9 Å². The molecule has 1 heterocycles. The van der Waals surface area contributed by atoms with Crippen molar-refractivity contribution in [1.82, 2.24) is 4.98 Å². The van der Waals surface area contributed by atoms with Gasteiger partial charge in [0, 0.05) is 15.7 Å². The standard InChI is InChI=1S/C19H17BrN2O3S/c1-12(18(23)22-15-6-8-16(24-2)9-7-15)26-19-21-11-17(25-19)13-4-3-5-14(20)10-13/h3-12H,1-2H3,(H,22,23). The minimum Gasteiger partial charge on any atom is -0.497 e. The van der Waals surface area contributed by atoms with E-state index in [1.54, 1.807) is 37.6 Å². The van der Waals surface area contributed by atoms with Gasteiger partial charge in [-0.15, -0.1) is 0 Å². The molecule has 0 radical (unpaired) electrons. The molecule has 1 N–H and O–H groups in total. The summed E-state index contributed by atoms with van der Waals surface area (Å²) in [6.07, 6.45) is 1.66. The Morgan fingerprint density at radius 1 is 1.27 bits per heavy atom. The number of ether oxygens (including phenoxy) is 1. The first-order valence-electron chi connectivity index (χ1n) is 7.88. The Balaban J connectivity index is 1.62. The van der Waals surface area contributed by atoms with Crippen LogP contribution in [0.2, 0.25) is 0 Å². The fourth-order valence-electron chi connectivity index (χ4n) is 2.21. The summed E-state index contributed by atoms with van der Waals surface area (Å²) in [7, 11) is 1.60. The monoisotopic (exact) mass is 432 g/mol. The lowest BCUT2D eigenvalue weighted by molar-refractivity contribution is -0.115. The van der Waals surface area contributed by atoms with Crippen molar-refractivity contribution in [3.05, 3.63) is 59.2 Å². The molecule has 26 heavy (non-hydrogen) atoms. The highest BCUT2D eigenvalue weighted by atomic mass is 79.9. The van der Waals surface area contributed by atoms with Crippen LogP contribution in [0.3, 0.4) is 0 Å². The van der Waals surface area contributed by atoms with Gasteiger partial charge in [-0.25, -0.2) is 4.98 Å². The third-order valence-electron chi connectivity index (χ3n) is 3.60. The molecule has 3 rings (SSSR count). The third kappa shape index (κ3) is 4.68. The van der Waals surface area contributed by atoms with E-state index in [1.807, 2.05) is 31.2 Å². The lowest BCUT2D eigenvalue weighted by atomic mass is 10.2. The Hall–Kier alpha value is -2.25. The number of halogens is 1. The fourth-order valence-corrected chi connectivity index (χ4v) is 3.33. The van der Waals surface area contributed by atoms with Gasteiger partial charge in [0.25, 0.3) is 5.22 Å². The van der Waals surface area contributed by atoms with Crippen LogP contribution in [-0.2, 0) is 4.79 Å². The number of methoxy groups -OCH3 is 1. The highest BCUT2D eigenvalue weighted by Crippen LogP contribution is 2.29. The molecule has 0 aliphatic heterocycles. The molecular weight excluding hydrogens is 416 g/mol. The highest BCUT2D eigenvalue weighted by Gasteiger charge is 2.18. The number of nitrogens with one attached hydrogen (secondary N) is 1. The van der Waals surface area contributed by atoms with E-state index in [-0.39, 0.29) is 11.2 Å². The Bertz CT molecular complexity index is 896. The summed E-state index contributed by atoms with van der Waals surface area (Å²) in [6, 6.07) is 15.0. The first-order chi connectivity index (χ1) is 12.5. The van der Waals surface area contributed by atoms with Crippen LogP contribution < -0.4 is 10.1 Å². The van der Waals surface area contributed by atoms with E-state index in [0.717, 1.165) is 15.8 Å². The van der Waals surface area contributed by atoms with E-state index in [2.05, 4.69) is 26.2 Å². The number of benzene rings is 2. The van der Waals surface area contributed by atoms with Crippen molar-refractivity contribution in [2.75, 3.05) is 12.4 Å². The molecule has 1 atom stereocenters. The fraction of sp³-hybridized carbons (Fsp3) is 0.158. The molecule has 0 aliphatic carbocycles. The molecule has 2 aromatic carbocycles. The summed E-state index contributed by atoms with van der Waals surface area (Å²) in [4.78, 5) is 16.6. The van der Waals surface area contributed by atoms with Gasteiger partial charge in [-0.1, -0.05) is 39.8 Å². The summed E-state index contributed by atoms with van der Waals surface area (Å²) < 4.78 is 11.8. The van der Waals surface area contributed by atoms with Crippen LogP contribution >= 0.6 is 27.7 Å². The van der Waals surface area contributed by atoms with Gasteiger partial charge in [0.05, 0.1) is 18.6 Å². The number of oxazole rings is 1. The van der Waals surface area contributed by atoms with Crippen LogP contribution in [0.25, 0.3) is 11.3 Å². The number of nitrogens with zero attached hydrogens (tertiary/aromatic N) is 1. The first-order valence-corrected chi connectivity index (χ1v) is 9.56. The summed E-state index contributed by atoms with van der Waals surface area (Å²) in [5.41, 5.74) is 1.64. The lowest BCUT2D eigenvalue weighted by Crippen LogP contribution is -2.22. The molecule has 0 fully saturated rings. The van der Waals surface area contributed by atoms with E-state index < -0.39 is 0 Å². The van der Waals surface area contributed by atoms with E-state index in [9.17, 15) is 4.79 Å². The van der Waals surface area contributed by atoms with Gasteiger partial charge in [-0.3, -0.25) is 4.79 Å². The molecule has 5 nitrogen and oxygen atoms in total. The number of aromatic nitrogens is 1. The zero-order valence-corrected chi connectivity index (χ0v) is 16.6. The van der Waals surface area contributed by atoms with E-state index in [0.29, 0.717) is 16.7 Å². The maximum atomic E-state index is 12.4. The molecule has 1 unspecified atom stereocenters. The molecule has 0 bridgehead atoms. The van der Waals surface area contributed by atoms with Crippen molar-refractivity contribution in [3.8, 4) is 17.1 Å². The minimum atomic E-state index is -0.355. The second kappa shape index (κ2) is 8.42. The highest BCUT2D eigenvalue weighted by molar-refractivity contribution is 9.10. The van der Waals surface area contributed by atoms with Crippen LogP contribution in [0, 0.1) is 0 Å². The van der Waals surface area contributed by atoms with E-state index in [4.69, 9.17) is 9.15 Å². The quantitative estimate of drug-likeness (QED) is 0.540. The maximum absolute atomic E-state index is 12.4. The second-order valence-corrected chi connectivity index (χ2v) is 7.69. The Morgan fingerprint density at radius 3 is 2.73 bits per heavy atom. The zero-order valence-electron chi connectivity index (χ0n) is 14.2. The van der Waals surface area contributed by atoms with Crippen molar-refractivity contribution >= 4 is 39.3 Å². The Morgan fingerprint density at radius 2 is 2.04 bits per heavy atom. The van der Waals surface area contributed by atoms with Crippen molar-refractivity contribution in [2.24, 2.45) is 0 Å². The maximum Gasteiger partial charge on any atom is 0.256 e. The molecule has 1 aromatic heterocycles. The minimum absolute atomic E-state index is 0.123. The predicted octanol–water partition coefficient (Wildman–Crippen LogP) is 5.23. The Labute approximate surface area is 164 Å². The number of hydrogen-bond donors (Lipinski definition) is 1. The van der Waals surface area contributed by atoms with Crippen LogP contribution in [0.1, 0.15) is 6.92 Å². The summed E-state index contributed by atoms with van der Waals surface area (Å²) in [5, 5.41) is 2.97. The van der Waals surface area contributed by atoms with Crippen LogP contribution in [0.5, 0.6) is 5.75 Å². The van der Waals surface area contributed by atoms with Crippen molar-refractivity contribution in [3.63, 3.8) is 0 Å². The topological polar surface area (TPSA) is 64.4 Å². The van der Waals surface area contributed by atoms with Gasteiger partial charge >= 0.3 is 0 Å². The van der Waals surface area contributed by atoms with Crippen LogP contribution in [0.4, 0.5) is 5.69 Å². The number of amides is 1. The SMILES string of the molecule is COc1ccc(NC(=O)C(C)Sc2ncc(-c3cccc(Br)c3)o2)cc1. The van der Waals surface area contributed by atoms with Gasteiger partial charge < -0.3 is 14.5 Å². The number of carbonyl (C=O) groups is 1. The molecular formula is C19H17BrN2O3S. The summed E-state index contributed by atoms with van der Waals surface area (Å²) in [5.74, 6) is 1.28. The zero-order chi connectivity index (χ0) is 18.5. The van der Waals surface area contributed by atoms with Gasteiger partial charge in [-0.05, 0) is 43.3 Å². The average molecular weight is 433 g/mol. The number of thioether (sulfide) groups is 1. The average Bonchev–Trinajstić information content (AvgIpc) is 3.11. The number of rotatable bonds is 6. The van der Waals surface area contributed by atoms with Crippen LogP contribution in [-0.4, -0.2) is 23.3 Å². The number of hydrogen-bond acceptors (Lipinski definition) is 5. The van der Waals surface area contributed by atoms with E-state index in [1.165, 1.54) is 11.8 Å². The molecule has 0 spiro atoms. The molecule has 0 aliphatic rings. The Kier molecular flexibility index (Phi) is 6.00. The second-order valence-electron chi connectivity index (χ2n) is 5.48. The third-order valence-corrected chi connectivity index (χ3v) is 5.05. The number of anilines is 1. The van der Waals surface area contributed by atoms with Gasteiger partial charge in [0.15, 0.2) is 5.76 Å². The normalized spacial score (nSPS) is 11.8. The predicted molar refractivity (Wildman–Crippen MR) is 107 cm³/mol. The van der Waals surface area contributed by atoms with Gasteiger partial charge in [0.2, 0.25) is 5.91 Å². The molecule has 134 valence electrons. The smallest absolute Gasteiger partial charge is 0.256 e. The molecule has 3 aromatic rings. The summed E-state index contributed by atoms with van der Waals surface area (Å²) >= 11 is 4.71. The first kappa shape index (κ1) is 18.5. The lowest BCUT2D eigenvalue weighted by Gasteiger charge is -2.10. The van der Waals surface area contributed by atoms with Crippen molar-refractivity contribution in [1.29, 1.82) is 0 Å². The largest absolute Gasteiger partial charge is 0.497 e. The number of carbonyl (C=O) groups excluding carboxylic acids is 1. The molecule has 0 saturated heterocycles. The van der Waals surface area contributed by atoms with E-state index >= 15 is 0 Å². The summed E-state index contributed by atoms with van der Waals surface area (Å²) in [6.45, 7) is 1.81. The molecule has 1 amide bonds. The van der Waals surface area contributed by atoms with Gasteiger partial charge in [-0.2, -0.15) is 0 Å². The molecule has 0 saturated carbocycles. The van der Waals surface area contributed by atoms with Gasteiger partial charge in [0.1, 0.15) is 5.75 Å². The van der Waals surface area contributed by atoms with Crippen LogP contribution in [0.15, 0.2) is 68.8 Å². The molecule has 7 heteroatoms. The van der Waals surface area contributed by atoms with Crippen molar-refractivity contribution in [2.45, 2.75) is 17.4 Å².